The fraction of sp³-hybridized carbons (Fsp3) is 1.00. The van der Waals surface area contributed by atoms with E-state index in [1.165, 1.54) is 4.90 Å². The molecule has 2 N–H and O–H groups in total. The molecule has 1 fully saturated rings. The summed E-state index contributed by atoms with van der Waals surface area (Å²) in [6, 6.07) is -1.46. The summed E-state index contributed by atoms with van der Waals surface area (Å²) in [7, 11) is 0. The van der Waals surface area contributed by atoms with Crippen molar-refractivity contribution < 1.29 is 13.2 Å². The zero-order valence-corrected chi connectivity index (χ0v) is 8.35. The van der Waals surface area contributed by atoms with Crippen LogP contribution in [0.5, 0.6) is 0 Å². The first-order chi connectivity index (χ1) is 6.46. The topological polar surface area (TPSA) is 29.3 Å². The first-order valence-electron chi connectivity index (χ1n) is 4.99. The fourth-order valence-corrected chi connectivity index (χ4v) is 2.04. The highest BCUT2D eigenvalue weighted by molar-refractivity contribution is 4.85. The molecule has 84 valence electrons. The van der Waals surface area contributed by atoms with E-state index in [4.69, 9.17) is 5.73 Å². The van der Waals surface area contributed by atoms with Gasteiger partial charge in [-0.15, -0.1) is 0 Å². The van der Waals surface area contributed by atoms with Crippen LogP contribution >= 0.6 is 0 Å². The van der Waals surface area contributed by atoms with Gasteiger partial charge in [-0.05, 0) is 26.3 Å². The van der Waals surface area contributed by atoms with Crippen molar-refractivity contribution in [2.75, 3.05) is 13.1 Å². The second-order valence-electron chi connectivity index (χ2n) is 3.88. The van der Waals surface area contributed by atoms with E-state index in [-0.39, 0.29) is 12.6 Å². The number of rotatable bonds is 2. The zero-order chi connectivity index (χ0) is 10.8. The predicted molar refractivity (Wildman–Crippen MR) is 48.9 cm³/mol. The Morgan fingerprint density at radius 1 is 1.43 bits per heavy atom. The minimum absolute atomic E-state index is 0.000995. The molecule has 1 saturated heterocycles. The van der Waals surface area contributed by atoms with Crippen molar-refractivity contribution in [3.05, 3.63) is 0 Å². The van der Waals surface area contributed by atoms with Gasteiger partial charge in [-0.3, -0.25) is 4.90 Å². The van der Waals surface area contributed by atoms with Crippen LogP contribution in [-0.2, 0) is 0 Å². The fourth-order valence-electron chi connectivity index (χ4n) is 2.04. The van der Waals surface area contributed by atoms with E-state index in [1.807, 2.05) is 6.92 Å². The Morgan fingerprint density at radius 3 is 2.50 bits per heavy atom. The largest absolute Gasteiger partial charge is 0.405 e. The summed E-state index contributed by atoms with van der Waals surface area (Å²) in [5.41, 5.74) is 5.19. The highest BCUT2D eigenvalue weighted by atomic mass is 19.4. The molecule has 0 spiro atoms. The summed E-state index contributed by atoms with van der Waals surface area (Å²) >= 11 is 0. The molecule has 0 aliphatic carbocycles. The van der Waals surface area contributed by atoms with Crippen molar-refractivity contribution in [2.45, 2.75) is 44.4 Å². The van der Waals surface area contributed by atoms with Crippen LogP contribution < -0.4 is 5.73 Å². The van der Waals surface area contributed by atoms with Crippen molar-refractivity contribution in [2.24, 2.45) is 5.73 Å². The van der Waals surface area contributed by atoms with E-state index in [9.17, 15) is 13.2 Å². The molecule has 0 aromatic heterocycles. The van der Waals surface area contributed by atoms with Gasteiger partial charge in [0, 0.05) is 12.6 Å². The molecule has 0 bridgehead atoms. The zero-order valence-electron chi connectivity index (χ0n) is 8.35. The van der Waals surface area contributed by atoms with Crippen LogP contribution in [0.4, 0.5) is 13.2 Å². The second-order valence-corrected chi connectivity index (χ2v) is 3.88. The molecule has 2 atom stereocenters. The lowest BCUT2D eigenvalue weighted by molar-refractivity contribution is -0.188. The lowest BCUT2D eigenvalue weighted by atomic mass is 10.0. The minimum atomic E-state index is -4.19. The van der Waals surface area contributed by atoms with Gasteiger partial charge in [0.25, 0.3) is 0 Å². The molecule has 1 heterocycles. The van der Waals surface area contributed by atoms with Crippen LogP contribution in [0.25, 0.3) is 0 Å². The van der Waals surface area contributed by atoms with Gasteiger partial charge in [-0.1, -0.05) is 6.42 Å². The monoisotopic (exact) mass is 210 g/mol. The molecule has 1 aliphatic heterocycles. The number of hydrogen-bond acceptors (Lipinski definition) is 2. The molecule has 14 heavy (non-hydrogen) atoms. The van der Waals surface area contributed by atoms with Gasteiger partial charge in [0.15, 0.2) is 0 Å². The third kappa shape index (κ3) is 2.60. The van der Waals surface area contributed by atoms with Gasteiger partial charge in [0.1, 0.15) is 6.04 Å². The van der Waals surface area contributed by atoms with E-state index >= 15 is 0 Å². The van der Waals surface area contributed by atoms with Gasteiger partial charge < -0.3 is 5.73 Å². The van der Waals surface area contributed by atoms with E-state index < -0.39 is 12.2 Å². The number of nitrogens with two attached hydrogens (primary N) is 1. The number of piperidine rings is 1. The molecule has 0 aromatic rings. The van der Waals surface area contributed by atoms with Crippen molar-refractivity contribution in [3.8, 4) is 0 Å². The summed E-state index contributed by atoms with van der Waals surface area (Å²) < 4.78 is 37.7. The molecule has 0 aromatic carbocycles. The number of alkyl halides is 3. The van der Waals surface area contributed by atoms with Crippen LogP contribution in [-0.4, -0.2) is 36.2 Å². The van der Waals surface area contributed by atoms with E-state index in [0.717, 1.165) is 19.3 Å². The van der Waals surface area contributed by atoms with Crippen molar-refractivity contribution in [1.82, 2.24) is 4.90 Å². The minimum Gasteiger partial charge on any atom is -0.329 e. The van der Waals surface area contributed by atoms with Crippen LogP contribution in [0.15, 0.2) is 0 Å². The number of halogens is 3. The number of likely N-dealkylation sites (tertiary alicyclic amines) is 1. The van der Waals surface area contributed by atoms with Gasteiger partial charge >= 0.3 is 6.18 Å². The maximum atomic E-state index is 12.6. The maximum Gasteiger partial charge on any atom is 0.405 e. The number of hydrogen-bond donors (Lipinski definition) is 1. The Kier molecular flexibility index (Phi) is 3.78. The van der Waals surface area contributed by atoms with Crippen LogP contribution in [0.3, 0.4) is 0 Å². The molecule has 0 saturated carbocycles. The van der Waals surface area contributed by atoms with E-state index in [0.29, 0.717) is 6.54 Å². The first-order valence-corrected chi connectivity index (χ1v) is 4.99. The summed E-state index contributed by atoms with van der Waals surface area (Å²) in [4.78, 5) is 1.49. The molecule has 1 rings (SSSR count). The average Bonchev–Trinajstić information content (AvgIpc) is 2.07. The van der Waals surface area contributed by atoms with Crippen LogP contribution in [0.1, 0.15) is 26.2 Å². The van der Waals surface area contributed by atoms with E-state index in [2.05, 4.69) is 0 Å². The smallest absolute Gasteiger partial charge is 0.329 e. The van der Waals surface area contributed by atoms with Crippen molar-refractivity contribution >= 4 is 0 Å². The van der Waals surface area contributed by atoms with Crippen molar-refractivity contribution in [1.29, 1.82) is 0 Å². The van der Waals surface area contributed by atoms with Crippen LogP contribution in [0, 0.1) is 0 Å². The Labute approximate surface area is 82.2 Å². The number of nitrogens with zero attached hydrogens (tertiary/aromatic N) is 1. The SMILES string of the molecule is C[C@H]1CCCCN1[C@@H](CN)C(F)(F)F. The highest BCUT2D eigenvalue weighted by Gasteiger charge is 2.44. The Bertz CT molecular complexity index is 181. The van der Waals surface area contributed by atoms with Crippen LogP contribution in [0.2, 0.25) is 0 Å². The third-order valence-corrected chi connectivity index (χ3v) is 2.86. The summed E-state index contributed by atoms with van der Waals surface area (Å²) in [5, 5.41) is 0. The quantitative estimate of drug-likeness (QED) is 0.752. The van der Waals surface area contributed by atoms with E-state index in [1.54, 1.807) is 0 Å². The van der Waals surface area contributed by atoms with Gasteiger partial charge in [-0.2, -0.15) is 13.2 Å². The average molecular weight is 210 g/mol. The highest BCUT2D eigenvalue weighted by Crippen LogP contribution is 2.29. The Balaban J connectivity index is 2.67. The molecule has 1 aliphatic rings. The Hall–Kier alpha value is -0.290. The summed E-state index contributed by atoms with van der Waals surface area (Å²) in [5.74, 6) is 0. The molecule has 0 unspecified atom stereocenters. The lowest BCUT2D eigenvalue weighted by Gasteiger charge is -2.39. The lowest BCUT2D eigenvalue weighted by Crippen LogP contribution is -2.55. The second kappa shape index (κ2) is 4.49. The molecule has 2 nitrogen and oxygen atoms in total. The third-order valence-electron chi connectivity index (χ3n) is 2.86. The van der Waals surface area contributed by atoms with Gasteiger partial charge in [-0.25, -0.2) is 0 Å². The molecule has 0 radical (unpaired) electrons. The normalized spacial score (nSPS) is 27.6. The predicted octanol–water partition coefficient (Wildman–Crippen LogP) is 1.75. The molecular weight excluding hydrogens is 193 g/mol. The summed E-state index contributed by atoms with van der Waals surface area (Å²) in [6.45, 7) is 2.02. The summed E-state index contributed by atoms with van der Waals surface area (Å²) in [6.07, 6.45) is -1.49. The molecule has 5 heteroatoms. The standard InChI is InChI=1S/C9H17F3N2/c1-7-4-2-3-5-14(7)8(6-13)9(10,11)12/h7-8H,2-6,13H2,1H3/t7-,8-/m0/s1. The maximum absolute atomic E-state index is 12.6. The Morgan fingerprint density at radius 2 is 2.07 bits per heavy atom. The molecule has 0 amide bonds. The first kappa shape index (κ1) is 11.8. The van der Waals surface area contributed by atoms with Gasteiger partial charge in [0.2, 0.25) is 0 Å². The van der Waals surface area contributed by atoms with Crippen molar-refractivity contribution in [3.63, 3.8) is 0 Å². The van der Waals surface area contributed by atoms with Gasteiger partial charge in [0.05, 0.1) is 0 Å². The molecular formula is C9H17F3N2.